The molecule has 134 heavy (non-hydrogen) atoms. The number of aromatic nitrogens is 12. The van der Waals surface area contributed by atoms with Gasteiger partial charge in [0.1, 0.15) is 91.3 Å². The average molecular weight is 1810 g/mol. The number of rotatable bonds is 25. The van der Waals surface area contributed by atoms with Crippen molar-refractivity contribution in [1.29, 1.82) is 0 Å². The van der Waals surface area contributed by atoms with Crippen molar-refractivity contribution >= 4 is 69.7 Å². The Balaban J connectivity index is 0.000000136. The van der Waals surface area contributed by atoms with E-state index in [1.807, 2.05) is 67.6 Å². The largest absolute Gasteiger partial charge is 0.477 e. The summed E-state index contributed by atoms with van der Waals surface area (Å²) in [6.07, 6.45) is 31.3. The topological polar surface area (TPSA) is 328 Å². The number of nitrogens with zero attached hydrogens (tertiary/aromatic N) is 12. The number of benzene rings is 6. The summed E-state index contributed by atoms with van der Waals surface area (Å²) in [6.45, 7) is 8.05. The van der Waals surface area contributed by atoms with Crippen LogP contribution >= 0.6 is 0 Å². The Morgan fingerprint density at radius 2 is 0.582 bits per heavy atom. The lowest BCUT2D eigenvalue weighted by atomic mass is 10.0. The second-order valence-corrected chi connectivity index (χ2v) is 31.8. The van der Waals surface area contributed by atoms with Crippen LogP contribution in [0.4, 0.5) is 26.3 Å². The van der Waals surface area contributed by atoms with Gasteiger partial charge in [0.25, 0.3) is 5.92 Å². The average Bonchev–Trinajstić information content (AvgIpc) is 1.57. The molecule has 12 aromatic heterocycles. The molecule has 30 heteroatoms. The van der Waals surface area contributed by atoms with E-state index in [0.29, 0.717) is 136 Å². The van der Waals surface area contributed by atoms with Crippen LogP contribution in [0.2, 0.25) is 0 Å². The highest BCUT2D eigenvalue weighted by Gasteiger charge is 2.26. The number of pyridine rings is 6. The van der Waals surface area contributed by atoms with Gasteiger partial charge in [-0.1, -0.05) is 139 Å². The van der Waals surface area contributed by atoms with E-state index in [1.54, 1.807) is 183 Å². The van der Waals surface area contributed by atoms with Crippen molar-refractivity contribution in [3.63, 3.8) is 0 Å². The summed E-state index contributed by atoms with van der Waals surface area (Å²) in [5.41, 5.74) is 18.2. The summed E-state index contributed by atoms with van der Waals surface area (Å²) < 4.78 is 90.1. The number of carbonyl (C=O) groups is 6. The number of carboxylic acid groups (broad SMARTS) is 6. The van der Waals surface area contributed by atoms with Crippen molar-refractivity contribution in [2.45, 2.75) is 118 Å². The number of hydrogen-bond donors (Lipinski definition) is 6. The van der Waals surface area contributed by atoms with Gasteiger partial charge in [-0.25, -0.2) is 85.0 Å². The number of fused-ring (bicyclic) bond motifs is 6. The molecule has 0 atom stereocenters. The molecule has 0 unspecified atom stereocenters. The monoisotopic (exact) mass is 1810 g/mol. The van der Waals surface area contributed by atoms with Crippen molar-refractivity contribution in [1.82, 2.24) is 56.3 Å². The molecule has 0 aliphatic heterocycles. The molecule has 18 aromatic rings. The molecule has 6 N–H and O–H groups in total. The van der Waals surface area contributed by atoms with E-state index >= 15 is 0 Å². The molecule has 680 valence electrons. The van der Waals surface area contributed by atoms with Crippen LogP contribution in [0.15, 0.2) is 268 Å². The van der Waals surface area contributed by atoms with Crippen LogP contribution in [0.3, 0.4) is 0 Å². The highest BCUT2D eigenvalue weighted by molar-refractivity contribution is 5.92. The zero-order valence-corrected chi connectivity index (χ0v) is 73.2. The fourth-order valence-corrected chi connectivity index (χ4v) is 15.7. The normalized spacial score (nSPS) is 11.1. The number of imidazole rings is 6. The van der Waals surface area contributed by atoms with E-state index in [0.717, 1.165) is 70.3 Å². The lowest BCUT2D eigenvalue weighted by Crippen LogP contribution is -2.10. The van der Waals surface area contributed by atoms with Gasteiger partial charge in [-0.3, -0.25) is 26.4 Å². The van der Waals surface area contributed by atoms with Gasteiger partial charge in [0.05, 0.1) is 0 Å². The van der Waals surface area contributed by atoms with Crippen molar-refractivity contribution in [2.24, 2.45) is 0 Å². The van der Waals surface area contributed by atoms with Gasteiger partial charge in [-0.2, -0.15) is 0 Å². The predicted molar refractivity (Wildman–Crippen MR) is 492 cm³/mol. The van der Waals surface area contributed by atoms with E-state index in [4.69, 9.17) is 6.42 Å². The third-order valence-corrected chi connectivity index (χ3v) is 22.6. The third-order valence-electron chi connectivity index (χ3n) is 22.6. The summed E-state index contributed by atoms with van der Waals surface area (Å²) in [6, 6.07) is 56.0. The van der Waals surface area contributed by atoms with Gasteiger partial charge >= 0.3 is 35.8 Å². The molecule has 6 aromatic carbocycles. The molecular formula is C104H90F6N12O12. The lowest BCUT2D eigenvalue weighted by Gasteiger charge is -2.12. The molecule has 12 heterocycles. The van der Waals surface area contributed by atoms with Crippen LogP contribution < -0.4 is 0 Å². The minimum absolute atomic E-state index is 0.0303. The molecule has 0 fully saturated rings. The summed E-state index contributed by atoms with van der Waals surface area (Å²) >= 11 is 0. The molecule has 24 nitrogen and oxygen atoms in total. The SMILES string of the molecule is C#Cc1ccc(CCc2ccc3nccn3c2C(=O)O)cc1.CC(F)(F)c1ccc(CCc2ccc3nccn3c2C(=O)O)cc1.Cc1cc(CCc2ccc3nccn3c2C(=O)O)c(F)cc1F.Cc1cc(CCc2ccc3nccn3c2C(=O)O)ccc1F.Cc1ccc(CCc2ccc3nccn3c2C(=O)O)c(F)c1.Cc1cccc(CCc2ccc3nccn3c2C(=O)O)c1. The Morgan fingerprint density at radius 1 is 0.299 bits per heavy atom. The first kappa shape index (κ1) is 95.0. The fourth-order valence-electron chi connectivity index (χ4n) is 15.7. The molecule has 18 rings (SSSR count). The second-order valence-electron chi connectivity index (χ2n) is 31.8. The van der Waals surface area contributed by atoms with E-state index in [1.165, 1.54) is 52.1 Å². The van der Waals surface area contributed by atoms with E-state index in [-0.39, 0.29) is 52.1 Å². The molecule has 0 amide bonds. The number of terminal acetylenes is 1. The molecule has 0 spiro atoms. The van der Waals surface area contributed by atoms with Gasteiger partial charge in [-0.05, 0) is 249 Å². The number of carboxylic acids is 6. The number of aryl methyl sites for hydroxylation is 16. The summed E-state index contributed by atoms with van der Waals surface area (Å²) in [4.78, 5) is 93.9. The summed E-state index contributed by atoms with van der Waals surface area (Å²) in [5.74, 6) is -7.90. The van der Waals surface area contributed by atoms with Crippen LogP contribution in [-0.2, 0) is 83.0 Å². The fraction of sp³-hybridized carbons (Fsp3) is 0.173. The zero-order valence-electron chi connectivity index (χ0n) is 73.2. The minimum Gasteiger partial charge on any atom is -0.477 e. The molecular weight excluding hydrogens is 1720 g/mol. The summed E-state index contributed by atoms with van der Waals surface area (Å²) in [7, 11) is 0. The maximum absolute atomic E-state index is 13.9. The van der Waals surface area contributed by atoms with Crippen molar-refractivity contribution in [2.75, 3.05) is 0 Å². The Hall–Kier alpha value is -16.6. The predicted octanol–water partition coefficient (Wildman–Crippen LogP) is 19.8. The number of aromatic carboxylic acids is 6. The number of hydrogen-bond acceptors (Lipinski definition) is 12. The van der Waals surface area contributed by atoms with Crippen LogP contribution in [0.1, 0.15) is 170 Å². The van der Waals surface area contributed by atoms with Crippen LogP contribution in [0, 0.1) is 63.3 Å². The van der Waals surface area contributed by atoms with E-state index < -0.39 is 53.4 Å². The van der Waals surface area contributed by atoms with Crippen LogP contribution in [0.25, 0.3) is 33.9 Å². The first-order valence-electron chi connectivity index (χ1n) is 42.4. The minimum atomic E-state index is -2.86. The van der Waals surface area contributed by atoms with Gasteiger partial charge < -0.3 is 30.6 Å². The molecule has 0 bridgehead atoms. The summed E-state index contributed by atoms with van der Waals surface area (Å²) in [5, 5.41) is 56.8. The molecule has 0 radical (unpaired) electrons. The third kappa shape index (κ3) is 23.2. The maximum Gasteiger partial charge on any atom is 0.353 e. The van der Waals surface area contributed by atoms with Gasteiger partial charge in [0, 0.05) is 98.5 Å². The Labute approximate surface area is 763 Å². The second kappa shape index (κ2) is 42.8. The highest BCUT2D eigenvalue weighted by atomic mass is 19.3. The lowest BCUT2D eigenvalue weighted by molar-refractivity contribution is 0.0174. The Morgan fingerprint density at radius 3 is 0.903 bits per heavy atom. The Bertz CT molecular complexity index is 7430. The number of alkyl halides is 2. The van der Waals surface area contributed by atoms with E-state index in [2.05, 4.69) is 60.9 Å². The van der Waals surface area contributed by atoms with Crippen molar-refractivity contribution < 1.29 is 85.7 Å². The van der Waals surface area contributed by atoms with Crippen molar-refractivity contribution in [3.05, 3.63) is 426 Å². The zero-order chi connectivity index (χ0) is 95.6. The molecule has 0 saturated heterocycles. The standard InChI is InChI=1S/C18H16F2N2O2.C18H14N2O2.C17H14F2N2O2.2C17H15FN2O2.C17H16N2O2/c1-18(19,20)14-7-3-12(4-8-14)2-5-13-6-9-15-21-10-11-22(15)16(13)17(23)24;1-2-13-3-5-14(6-4-13)7-8-15-9-10-16-19-11-12-20(16)17(15)18(21)22;1-10-8-12(14(19)9-13(10)18)3-2-11-4-5-15-20-6-7-21(15)16(11)17(22)23;1-11-10-12(3-6-14(11)18)2-4-13-5-7-15-19-8-9-20(15)16(13)17(21)22;1-11-2-3-12(14(18)10-11)4-5-13-6-7-15-19-8-9-20(15)16(13)17(21)22;1-12-3-2-4-13(11-12)5-6-14-7-8-15-18-9-10-19(15)16(14)17(20)21/h3-4,6-11H,2,5H2,1H3,(H,23,24);1,3-6,9-12H,7-8H2,(H,21,22);4-9H,2-3H2,1H3,(H,22,23);3,5-10H,2,4H2,1H3,(H,21,22);2-3,6-10H,4-5H2,1H3,(H,21,22);2-4,7-11H,5-6H2,1H3,(H,20,21). The van der Waals surface area contributed by atoms with Gasteiger partial charge in [0.2, 0.25) is 0 Å². The first-order chi connectivity index (χ1) is 64.3. The van der Waals surface area contributed by atoms with E-state index in [9.17, 15) is 85.7 Å². The Kier molecular flexibility index (Phi) is 30.3. The maximum atomic E-state index is 13.9. The van der Waals surface area contributed by atoms with Crippen molar-refractivity contribution in [3.8, 4) is 12.3 Å². The molecule has 0 aliphatic rings. The molecule has 0 aliphatic carbocycles. The smallest absolute Gasteiger partial charge is 0.353 e. The number of halogens is 6. The van der Waals surface area contributed by atoms with Gasteiger partial charge in [0.15, 0.2) is 0 Å². The quantitative estimate of drug-likeness (QED) is 0.0229. The van der Waals surface area contributed by atoms with Crippen LogP contribution in [-0.4, -0.2) is 123 Å². The molecule has 0 saturated carbocycles. The first-order valence-corrected chi connectivity index (χ1v) is 42.4. The van der Waals surface area contributed by atoms with Gasteiger partial charge in [-0.15, -0.1) is 6.42 Å². The van der Waals surface area contributed by atoms with Crippen LogP contribution in [0.5, 0.6) is 0 Å². The highest BCUT2D eigenvalue weighted by Crippen LogP contribution is 2.29.